The minimum absolute atomic E-state index is 0.00555. The standard InChI is InChI=1S/C21H25ClN4O5S/c22-16-13-23-21(24-14-16)31-18-5-3-17(4-6-18)25-20(27)15-1-7-19(8-2-15)32(28,29)26-9-11-30-12-10-26/h1-2,7-8,13-14,17-18H,3-6,9-12H2,(H,25,27). The number of amides is 1. The number of hydrogen-bond acceptors (Lipinski definition) is 7. The molecule has 2 aromatic rings. The molecule has 1 aliphatic heterocycles. The SMILES string of the molecule is O=C(NC1CCC(Oc2ncc(Cl)cn2)CC1)c1ccc(S(=O)(=O)N2CCOCC2)cc1. The van der Waals surface area contributed by atoms with Gasteiger partial charge in [0.1, 0.15) is 6.10 Å². The molecule has 32 heavy (non-hydrogen) atoms. The Morgan fingerprint density at radius 2 is 1.69 bits per heavy atom. The van der Waals surface area contributed by atoms with Crippen molar-refractivity contribution in [3.8, 4) is 6.01 Å². The number of aromatic nitrogens is 2. The highest BCUT2D eigenvalue weighted by Crippen LogP contribution is 2.23. The molecule has 2 heterocycles. The van der Waals surface area contributed by atoms with E-state index in [9.17, 15) is 13.2 Å². The fourth-order valence-electron chi connectivity index (χ4n) is 3.82. The van der Waals surface area contributed by atoms with Crippen LogP contribution >= 0.6 is 11.6 Å². The van der Waals surface area contributed by atoms with Crippen molar-refractivity contribution in [3.05, 3.63) is 47.2 Å². The Labute approximate surface area is 192 Å². The van der Waals surface area contributed by atoms with Crippen LogP contribution in [-0.2, 0) is 14.8 Å². The normalized spacial score (nSPS) is 22.3. The van der Waals surface area contributed by atoms with E-state index < -0.39 is 10.0 Å². The van der Waals surface area contributed by atoms with Crippen molar-refractivity contribution in [2.24, 2.45) is 0 Å². The van der Waals surface area contributed by atoms with Crippen LogP contribution in [0.4, 0.5) is 0 Å². The fraction of sp³-hybridized carbons (Fsp3) is 0.476. The van der Waals surface area contributed by atoms with E-state index in [-0.39, 0.29) is 22.9 Å². The van der Waals surface area contributed by atoms with Gasteiger partial charge in [0.2, 0.25) is 10.0 Å². The highest BCUT2D eigenvalue weighted by Gasteiger charge is 2.27. The number of carbonyl (C=O) groups is 1. The molecule has 1 amide bonds. The molecule has 172 valence electrons. The summed E-state index contributed by atoms with van der Waals surface area (Å²) in [6.07, 6.45) is 6.07. The summed E-state index contributed by atoms with van der Waals surface area (Å²) >= 11 is 5.78. The highest BCUT2D eigenvalue weighted by atomic mass is 35.5. The Morgan fingerprint density at radius 1 is 1.06 bits per heavy atom. The first kappa shape index (κ1) is 22.9. The minimum Gasteiger partial charge on any atom is -0.460 e. The van der Waals surface area contributed by atoms with Crippen LogP contribution in [0.1, 0.15) is 36.0 Å². The largest absolute Gasteiger partial charge is 0.460 e. The van der Waals surface area contributed by atoms with Crippen LogP contribution in [0.2, 0.25) is 5.02 Å². The van der Waals surface area contributed by atoms with E-state index in [0.29, 0.717) is 42.9 Å². The maximum atomic E-state index is 12.7. The highest BCUT2D eigenvalue weighted by molar-refractivity contribution is 7.89. The average molecular weight is 481 g/mol. The van der Waals surface area contributed by atoms with Gasteiger partial charge in [-0.1, -0.05) is 11.6 Å². The topological polar surface area (TPSA) is 111 Å². The van der Waals surface area contributed by atoms with Gasteiger partial charge in [0, 0.05) is 24.7 Å². The second-order valence-electron chi connectivity index (χ2n) is 7.79. The number of halogens is 1. The number of carbonyl (C=O) groups excluding carboxylic acids is 1. The molecule has 2 aliphatic rings. The third-order valence-electron chi connectivity index (χ3n) is 5.60. The van der Waals surface area contributed by atoms with Gasteiger partial charge in [-0.25, -0.2) is 18.4 Å². The summed E-state index contributed by atoms with van der Waals surface area (Å²) in [7, 11) is -3.58. The van der Waals surface area contributed by atoms with Crippen LogP contribution in [0.5, 0.6) is 6.01 Å². The van der Waals surface area contributed by atoms with Crippen molar-refractivity contribution >= 4 is 27.5 Å². The van der Waals surface area contributed by atoms with Gasteiger partial charge >= 0.3 is 6.01 Å². The van der Waals surface area contributed by atoms with E-state index in [2.05, 4.69) is 15.3 Å². The summed E-state index contributed by atoms with van der Waals surface area (Å²) in [6.45, 7) is 1.45. The smallest absolute Gasteiger partial charge is 0.316 e. The van der Waals surface area contributed by atoms with Crippen LogP contribution in [0.25, 0.3) is 0 Å². The number of benzene rings is 1. The van der Waals surface area contributed by atoms with Crippen LogP contribution < -0.4 is 10.1 Å². The zero-order chi connectivity index (χ0) is 22.6. The Morgan fingerprint density at radius 3 is 2.31 bits per heavy atom. The van der Waals surface area contributed by atoms with Gasteiger partial charge in [-0.2, -0.15) is 4.31 Å². The maximum Gasteiger partial charge on any atom is 0.316 e. The molecule has 1 aliphatic carbocycles. The van der Waals surface area contributed by atoms with Crippen LogP contribution in [-0.4, -0.2) is 67.0 Å². The lowest BCUT2D eigenvalue weighted by Crippen LogP contribution is -2.40. The zero-order valence-electron chi connectivity index (χ0n) is 17.4. The molecule has 2 fully saturated rings. The second kappa shape index (κ2) is 10.1. The Bertz CT molecular complexity index is 1020. The van der Waals surface area contributed by atoms with Gasteiger partial charge in [0.25, 0.3) is 5.91 Å². The van der Waals surface area contributed by atoms with E-state index in [0.717, 1.165) is 25.7 Å². The third-order valence-corrected chi connectivity index (χ3v) is 7.71. The van der Waals surface area contributed by atoms with Crippen molar-refractivity contribution in [1.82, 2.24) is 19.6 Å². The van der Waals surface area contributed by atoms with Crippen LogP contribution in [0, 0.1) is 0 Å². The molecule has 0 atom stereocenters. The zero-order valence-corrected chi connectivity index (χ0v) is 19.0. The molecule has 1 saturated carbocycles. The molecular weight excluding hydrogens is 456 g/mol. The molecule has 9 nitrogen and oxygen atoms in total. The van der Waals surface area contributed by atoms with Gasteiger partial charge in [-0.15, -0.1) is 0 Å². The first-order chi connectivity index (χ1) is 15.4. The first-order valence-corrected chi connectivity index (χ1v) is 12.4. The molecule has 0 spiro atoms. The van der Waals surface area contributed by atoms with Gasteiger partial charge < -0.3 is 14.8 Å². The summed E-state index contributed by atoms with van der Waals surface area (Å²) in [5, 5.41) is 3.48. The molecule has 1 aromatic heterocycles. The number of ether oxygens (including phenoxy) is 2. The number of rotatable bonds is 6. The van der Waals surface area contributed by atoms with Crippen molar-refractivity contribution in [1.29, 1.82) is 0 Å². The van der Waals surface area contributed by atoms with Crippen molar-refractivity contribution in [3.63, 3.8) is 0 Å². The van der Waals surface area contributed by atoms with Crippen LogP contribution in [0.15, 0.2) is 41.6 Å². The third kappa shape index (κ3) is 5.55. The molecule has 0 radical (unpaired) electrons. The number of hydrogen-bond donors (Lipinski definition) is 1. The molecule has 4 rings (SSSR count). The summed E-state index contributed by atoms with van der Waals surface area (Å²) in [5.41, 5.74) is 0.430. The van der Waals surface area contributed by atoms with E-state index in [4.69, 9.17) is 21.1 Å². The number of morpholine rings is 1. The minimum atomic E-state index is -3.58. The predicted molar refractivity (Wildman–Crippen MR) is 117 cm³/mol. The monoisotopic (exact) mass is 480 g/mol. The van der Waals surface area contributed by atoms with Gasteiger partial charge in [0.05, 0.1) is 35.5 Å². The van der Waals surface area contributed by atoms with Crippen molar-refractivity contribution in [2.45, 2.75) is 42.7 Å². The number of nitrogens with zero attached hydrogens (tertiary/aromatic N) is 3. The number of sulfonamides is 1. The summed E-state index contributed by atoms with van der Waals surface area (Å²) in [6, 6.07) is 6.40. The molecule has 1 aromatic carbocycles. The first-order valence-electron chi connectivity index (χ1n) is 10.5. The van der Waals surface area contributed by atoms with Crippen molar-refractivity contribution < 1.29 is 22.7 Å². The van der Waals surface area contributed by atoms with E-state index in [1.165, 1.54) is 28.8 Å². The lowest BCUT2D eigenvalue weighted by Gasteiger charge is -2.29. The fourth-order valence-corrected chi connectivity index (χ4v) is 5.32. The van der Waals surface area contributed by atoms with Gasteiger partial charge in [0.15, 0.2) is 0 Å². The summed E-state index contributed by atoms with van der Waals surface area (Å²) in [4.78, 5) is 20.9. The van der Waals surface area contributed by atoms with Gasteiger partial charge in [-0.3, -0.25) is 4.79 Å². The quantitative estimate of drug-likeness (QED) is 0.675. The summed E-state index contributed by atoms with van der Waals surface area (Å²) in [5.74, 6) is -0.217. The van der Waals surface area contributed by atoms with Crippen LogP contribution in [0.3, 0.4) is 0 Å². The van der Waals surface area contributed by atoms with E-state index in [1.807, 2.05) is 0 Å². The molecule has 0 unspecified atom stereocenters. The van der Waals surface area contributed by atoms with Gasteiger partial charge in [-0.05, 0) is 49.9 Å². The molecule has 0 bridgehead atoms. The average Bonchev–Trinajstić information content (AvgIpc) is 2.82. The number of nitrogens with one attached hydrogen (secondary N) is 1. The molecule has 1 saturated heterocycles. The maximum absolute atomic E-state index is 12.7. The second-order valence-corrected chi connectivity index (χ2v) is 10.2. The molecule has 11 heteroatoms. The lowest BCUT2D eigenvalue weighted by molar-refractivity contribution is 0.0730. The summed E-state index contributed by atoms with van der Waals surface area (Å²) < 4.78 is 37.8. The molecule has 1 N–H and O–H groups in total. The Kier molecular flexibility index (Phi) is 7.24. The van der Waals surface area contributed by atoms with Crippen molar-refractivity contribution in [2.75, 3.05) is 26.3 Å². The predicted octanol–water partition coefficient (Wildman–Crippen LogP) is 2.27. The Hall–Kier alpha value is -2.27. The lowest BCUT2D eigenvalue weighted by atomic mass is 9.92. The Balaban J connectivity index is 1.28. The van der Waals surface area contributed by atoms with E-state index in [1.54, 1.807) is 12.1 Å². The molecular formula is C21H25ClN4O5S. The van der Waals surface area contributed by atoms with E-state index >= 15 is 0 Å².